The molecule has 1 atom stereocenters. The molecule has 0 fully saturated rings. The highest BCUT2D eigenvalue weighted by atomic mass is 16.1. The molecule has 0 amide bonds. The van der Waals surface area contributed by atoms with Gasteiger partial charge in [-0.25, -0.2) is 0 Å². The van der Waals surface area contributed by atoms with Crippen LogP contribution in [0.2, 0.25) is 0 Å². The van der Waals surface area contributed by atoms with Crippen molar-refractivity contribution in [2.75, 3.05) is 6.54 Å². The summed E-state index contributed by atoms with van der Waals surface area (Å²) in [6.45, 7) is 4.91. The van der Waals surface area contributed by atoms with Crippen LogP contribution in [0, 0.1) is 11.8 Å². The fourth-order valence-corrected chi connectivity index (χ4v) is 2.03. The monoisotopic (exact) mass is 234 g/mol. The molecule has 1 aromatic rings. The minimum atomic E-state index is 0.236. The Morgan fingerprint density at radius 3 is 2.71 bits per heavy atom. The molecule has 0 aliphatic rings. The average Bonchev–Trinajstić information content (AvgIpc) is 2.28. The lowest BCUT2D eigenvalue weighted by atomic mass is 9.91. The van der Waals surface area contributed by atoms with Gasteiger partial charge in [-0.2, -0.15) is 0 Å². The van der Waals surface area contributed by atoms with Gasteiger partial charge in [-0.15, -0.1) is 0 Å². The quantitative estimate of drug-likeness (QED) is 0.787. The lowest BCUT2D eigenvalue weighted by Crippen LogP contribution is -2.21. The lowest BCUT2D eigenvalue weighted by Gasteiger charge is -2.15. The number of hydrogen-bond acceptors (Lipinski definition) is 3. The van der Waals surface area contributed by atoms with E-state index in [2.05, 4.69) is 18.8 Å². The smallest absolute Gasteiger partial charge is 0.139 e. The number of pyridine rings is 1. The molecule has 94 valence electrons. The van der Waals surface area contributed by atoms with E-state index < -0.39 is 0 Å². The van der Waals surface area contributed by atoms with Crippen LogP contribution in [0.1, 0.15) is 32.4 Å². The SMILES string of the molecule is CC(C)CC(CN)CC(=O)Cc1ccccn1. The number of carbonyl (C=O) groups is 1. The van der Waals surface area contributed by atoms with Crippen molar-refractivity contribution in [2.45, 2.75) is 33.1 Å². The van der Waals surface area contributed by atoms with E-state index in [1.54, 1.807) is 6.20 Å². The zero-order chi connectivity index (χ0) is 12.7. The van der Waals surface area contributed by atoms with Crippen LogP contribution in [-0.4, -0.2) is 17.3 Å². The van der Waals surface area contributed by atoms with Gasteiger partial charge in [-0.3, -0.25) is 9.78 Å². The fourth-order valence-electron chi connectivity index (χ4n) is 2.03. The van der Waals surface area contributed by atoms with Gasteiger partial charge in [0.2, 0.25) is 0 Å². The van der Waals surface area contributed by atoms with Crippen LogP contribution in [0.25, 0.3) is 0 Å². The van der Waals surface area contributed by atoms with Gasteiger partial charge in [0.25, 0.3) is 0 Å². The Morgan fingerprint density at radius 2 is 2.18 bits per heavy atom. The first kappa shape index (κ1) is 13.8. The Balaban J connectivity index is 2.43. The van der Waals surface area contributed by atoms with Crippen LogP contribution >= 0.6 is 0 Å². The molecule has 1 rings (SSSR count). The molecule has 1 heterocycles. The number of hydrogen-bond donors (Lipinski definition) is 1. The van der Waals surface area contributed by atoms with E-state index in [9.17, 15) is 4.79 Å². The molecule has 0 saturated carbocycles. The number of ketones is 1. The lowest BCUT2D eigenvalue weighted by molar-refractivity contribution is -0.119. The number of aromatic nitrogens is 1. The van der Waals surface area contributed by atoms with Crippen molar-refractivity contribution in [3.63, 3.8) is 0 Å². The number of carbonyl (C=O) groups excluding carboxylic acids is 1. The highest BCUT2D eigenvalue weighted by Gasteiger charge is 2.14. The van der Waals surface area contributed by atoms with E-state index in [0.29, 0.717) is 31.2 Å². The molecule has 0 aromatic carbocycles. The molecule has 17 heavy (non-hydrogen) atoms. The summed E-state index contributed by atoms with van der Waals surface area (Å²) in [4.78, 5) is 16.0. The Labute approximate surface area is 103 Å². The van der Waals surface area contributed by atoms with E-state index in [-0.39, 0.29) is 5.78 Å². The minimum Gasteiger partial charge on any atom is -0.330 e. The minimum absolute atomic E-state index is 0.236. The highest BCUT2D eigenvalue weighted by molar-refractivity contribution is 5.80. The van der Waals surface area contributed by atoms with E-state index >= 15 is 0 Å². The van der Waals surface area contributed by atoms with Crippen LogP contribution in [0.5, 0.6) is 0 Å². The molecular weight excluding hydrogens is 212 g/mol. The van der Waals surface area contributed by atoms with Crippen molar-refractivity contribution in [3.8, 4) is 0 Å². The zero-order valence-corrected chi connectivity index (χ0v) is 10.7. The maximum atomic E-state index is 11.9. The first-order valence-electron chi connectivity index (χ1n) is 6.23. The summed E-state index contributed by atoms with van der Waals surface area (Å²) in [5, 5.41) is 0. The maximum absolute atomic E-state index is 11.9. The topological polar surface area (TPSA) is 56.0 Å². The molecule has 3 heteroatoms. The van der Waals surface area contributed by atoms with E-state index in [1.165, 1.54) is 0 Å². The summed E-state index contributed by atoms with van der Waals surface area (Å²) in [6, 6.07) is 5.65. The molecule has 0 spiro atoms. The van der Waals surface area contributed by atoms with Crippen LogP contribution in [0.4, 0.5) is 0 Å². The number of nitrogens with zero attached hydrogens (tertiary/aromatic N) is 1. The van der Waals surface area contributed by atoms with Crippen LogP contribution < -0.4 is 5.73 Å². The average molecular weight is 234 g/mol. The number of rotatable bonds is 7. The normalized spacial score (nSPS) is 12.7. The molecule has 1 aromatic heterocycles. The molecule has 0 aliphatic carbocycles. The van der Waals surface area contributed by atoms with Gasteiger partial charge in [0.15, 0.2) is 0 Å². The van der Waals surface area contributed by atoms with Crippen molar-refractivity contribution in [1.29, 1.82) is 0 Å². The summed E-state index contributed by atoms with van der Waals surface area (Å²) in [5.74, 6) is 1.14. The number of Topliss-reactive ketones (excluding diaryl/α,β-unsaturated/α-hetero) is 1. The maximum Gasteiger partial charge on any atom is 0.139 e. The molecule has 0 radical (unpaired) electrons. The van der Waals surface area contributed by atoms with Crippen molar-refractivity contribution in [2.24, 2.45) is 17.6 Å². The molecule has 0 bridgehead atoms. The second-order valence-corrected chi connectivity index (χ2v) is 4.97. The standard InChI is InChI=1S/C14H22N2O/c1-11(2)7-12(10-15)8-14(17)9-13-5-3-4-6-16-13/h3-6,11-12H,7-10,15H2,1-2H3. The van der Waals surface area contributed by atoms with Gasteiger partial charge >= 0.3 is 0 Å². The predicted octanol–water partition coefficient (Wildman–Crippen LogP) is 2.20. The van der Waals surface area contributed by atoms with E-state index in [1.807, 2.05) is 18.2 Å². The summed E-state index contributed by atoms with van der Waals surface area (Å²) in [6.07, 6.45) is 3.74. The molecule has 2 N–H and O–H groups in total. The molecule has 3 nitrogen and oxygen atoms in total. The van der Waals surface area contributed by atoms with Gasteiger partial charge in [0.1, 0.15) is 5.78 Å². The van der Waals surface area contributed by atoms with Crippen LogP contribution in [-0.2, 0) is 11.2 Å². The Hall–Kier alpha value is -1.22. The van der Waals surface area contributed by atoms with Crippen molar-refractivity contribution in [3.05, 3.63) is 30.1 Å². The van der Waals surface area contributed by atoms with Crippen molar-refractivity contribution in [1.82, 2.24) is 4.98 Å². The molecule has 1 unspecified atom stereocenters. The van der Waals surface area contributed by atoms with Crippen molar-refractivity contribution < 1.29 is 4.79 Å². The second kappa shape index (κ2) is 7.17. The van der Waals surface area contributed by atoms with Gasteiger partial charge in [0.05, 0.1) is 0 Å². The van der Waals surface area contributed by atoms with Crippen molar-refractivity contribution >= 4 is 5.78 Å². The summed E-state index contributed by atoms with van der Waals surface area (Å²) in [5.41, 5.74) is 6.54. The predicted molar refractivity (Wildman–Crippen MR) is 69.6 cm³/mol. The van der Waals surface area contributed by atoms with Crippen LogP contribution in [0.3, 0.4) is 0 Å². The van der Waals surface area contributed by atoms with Crippen LogP contribution in [0.15, 0.2) is 24.4 Å². The Bertz CT molecular complexity index is 335. The summed E-state index contributed by atoms with van der Waals surface area (Å²) >= 11 is 0. The van der Waals surface area contributed by atoms with Gasteiger partial charge in [-0.1, -0.05) is 19.9 Å². The van der Waals surface area contributed by atoms with Gasteiger partial charge < -0.3 is 5.73 Å². The van der Waals surface area contributed by atoms with E-state index in [4.69, 9.17) is 5.73 Å². The van der Waals surface area contributed by atoms with E-state index in [0.717, 1.165) is 12.1 Å². The largest absolute Gasteiger partial charge is 0.330 e. The zero-order valence-electron chi connectivity index (χ0n) is 10.7. The molecule has 0 saturated heterocycles. The third kappa shape index (κ3) is 5.59. The summed E-state index contributed by atoms with van der Waals surface area (Å²) < 4.78 is 0. The molecule has 0 aliphatic heterocycles. The fraction of sp³-hybridized carbons (Fsp3) is 0.571. The first-order valence-corrected chi connectivity index (χ1v) is 6.23. The third-order valence-electron chi connectivity index (χ3n) is 2.76. The Kier molecular flexibility index (Phi) is 5.84. The third-order valence-corrected chi connectivity index (χ3v) is 2.76. The number of nitrogens with two attached hydrogens (primary N) is 1. The Morgan fingerprint density at radius 1 is 1.41 bits per heavy atom. The second-order valence-electron chi connectivity index (χ2n) is 4.97. The van der Waals surface area contributed by atoms with Gasteiger partial charge in [-0.05, 0) is 36.9 Å². The molecular formula is C14H22N2O. The first-order chi connectivity index (χ1) is 8.11. The highest BCUT2D eigenvalue weighted by Crippen LogP contribution is 2.15. The summed E-state index contributed by atoms with van der Waals surface area (Å²) in [7, 11) is 0. The van der Waals surface area contributed by atoms with Gasteiger partial charge in [0, 0.05) is 24.7 Å².